The largest absolute Gasteiger partial charge is 0.339 e. The smallest absolute Gasteiger partial charge is 0.239 e. The normalized spacial score (nSPS) is 19.1. The molecule has 1 N–H and O–H groups in total. The summed E-state index contributed by atoms with van der Waals surface area (Å²) in [5.74, 6) is 0.189. The number of likely N-dealkylation sites (N-methyl/N-ethyl adjacent to an activating group) is 1. The first-order chi connectivity index (χ1) is 8.16. The lowest BCUT2D eigenvalue weighted by Crippen LogP contribution is -2.46. The average molecular weight is 309 g/mol. The Morgan fingerprint density at radius 1 is 1.56 bits per heavy atom. The molecular formula is C12H18Cl2N2OS. The topological polar surface area (TPSA) is 32.3 Å². The molecule has 1 aromatic rings. The lowest BCUT2D eigenvalue weighted by molar-refractivity contribution is -0.133. The highest BCUT2D eigenvalue weighted by molar-refractivity contribution is 7.16. The Kier molecular flexibility index (Phi) is 6.43. The summed E-state index contributed by atoms with van der Waals surface area (Å²) in [7, 11) is 1.85. The van der Waals surface area contributed by atoms with Gasteiger partial charge in [-0.15, -0.1) is 23.7 Å². The summed E-state index contributed by atoms with van der Waals surface area (Å²) >= 11 is 7.41. The van der Waals surface area contributed by atoms with E-state index < -0.39 is 0 Å². The van der Waals surface area contributed by atoms with E-state index in [9.17, 15) is 4.79 Å². The molecule has 1 aliphatic heterocycles. The Hall–Kier alpha value is -0.290. The Bertz CT molecular complexity index is 391. The van der Waals surface area contributed by atoms with Crippen molar-refractivity contribution in [2.24, 2.45) is 0 Å². The minimum absolute atomic E-state index is 0. The van der Waals surface area contributed by atoms with Gasteiger partial charge in [-0.1, -0.05) is 18.0 Å². The number of rotatable bonds is 3. The third-order valence-electron chi connectivity index (χ3n) is 3.01. The molecule has 2 rings (SSSR count). The van der Waals surface area contributed by atoms with Crippen LogP contribution in [0.5, 0.6) is 0 Å². The Morgan fingerprint density at radius 3 is 2.89 bits per heavy atom. The van der Waals surface area contributed by atoms with Crippen molar-refractivity contribution in [3.8, 4) is 0 Å². The van der Waals surface area contributed by atoms with E-state index in [1.54, 1.807) is 4.90 Å². The van der Waals surface area contributed by atoms with Crippen molar-refractivity contribution < 1.29 is 4.79 Å². The molecule has 1 aliphatic rings. The van der Waals surface area contributed by atoms with Crippen molar-refractivity contribution in [1.29, 1.82) is 0 Å². The van der Waals surface area contributed by atoms with Gasteiger partial charge in [0, 0.05) is 11.9 Å². The fourth-order valence-electron chi connectivity index (χ4n) is 2.08. The number of amides is 1. The van der Waals surface area contributed by atoms with Crippen LogP contribution in [-0.4, -0.2) is 30.4 Å². The summed E-state index contributed by atoms with van der Waals surface area (Å²) in [6.07, 6.45) is 3.27. The Morgan fingerprint density at radius 2 is 2.33 bits per heavy atom. The standard InChI is InChI=1S/C12H17ClN2OS.ClH/c1-15(8-9-5-6-11(13)17-9)12(16)10-4-2-3-7-14-10;/h5-6,10,14H,2-4,7-8H2,1H3;1H. The summed E-state index contributed by atoms with van der Waals surface area (Å²) < 4.78 is 0.775. The number of nitrogens with zero attached hydrogens (tertiary/aromatic N) is 1. The molecule has 0 spiro atoms. The molecule has 1 amide bonds. The van der Waals surface area contributed by atoms with Gasteiger partial charge in [-0.2, -0.15) is 0 Å². The second-order valence-corrected chi connectivity index (χ2v) is 6.20. The minimum Gasteiger partial charge on any atom is -0.339 e. The maximum Gasteiger partial charge on any atom is 0.239 e. The van der Waals surface area contributed by atoms with Crippen LogP contribution >= 0.6 is 35.3 Å². The fraction of sp³-hybridized carbons (Fsp3) is 0.583. The number of piperidine rings is 1. The Labute approximate surface area is 123 Å². The van der Waals surface area contributed by atoms with Gasteiger partial charge in [0.15, 0.2) is 0 Å². The van der Waals surface area contributed by atoms with E-state index >= 15 is 0 Å². The highest BCUT2D eigenvalue weighted by Gasteiger charge is 2.23. The third kappa shape index (κ3) is 4.12. The van der Waals surface area contributed by atoms with Crippen LogP contribution in [0.4, 0.5) is 0 Å². The monoisotopic (exact) mass is 308 g/mol. The quantitative estimate of drug-likeness (QED) is 0.931. The summed E-state index contributed by atoms with van der Waals surface area (Å²) in [4.78, 5) is 15.1. The molecule has 2 heterocycles. The van der Waals surface area contributed by atoms with Crippen LogP contribution in [0.15, 0.2) is 12.1 Å². The molecule has 0 aromatic carbocycles. The molecule has 1 fully saturated rings. The summed E-state index contributed by atoms with van der Waals surface area (Å²) in [6.45, 7) is 1.60. The zero-order chi connectivity index (χ0) is 12.3. The van der Waals surface area contributed by atoms with Gasteiger partial charge < -0.3 is 10.2 Å². The van der Waals surface area contributed by atoms with Crippen molar-refractivity contribution in [3.05, 3.63) is 21.3 Å². The molecule has 0 radical (unpaired) electrons. The molecule has 102 valence electrons. The van der Waals surface area contributed by atoms with E-state index in [1.165, 1.54) is 17.8 Å². The number of carbonyl (C=O) groups excluding carboxylic acids is 1. The van der Waals surface area contributed by atoms with Crippen molar-refractivity contribution in [2.75, 3.05) is 13.6 Å². The molecule has 0 bridgehead atoms. The van der Waals surface area contributed by atoms with E-state index in [2.05, 4.69) is 5.32 Å². The number of hydrogen-bond donors (Lipinski definition) is 1. The van der Waals surface area contributed by atoms with Crippen LogP contribution in [-0.2, 0) is 11.3 Å². The van der Waals surface area contributed by atoms with Crippen LogP contribution in [0.1, 0.15) is 24.1 Å². The predicted octanol–water partition coefficient (Wildman–Crippen LogP) is 2.92. The molecule has 6 heteroatoms. The molecule has 1 atom stereocenters. The highest BCUT2D eigenvalue weighted by Crippen LogP contribution is 2.22. The van der Waals surface area contributed by atoms with E-state index in [1.807, 2.05) is 19.2 Å². The fourth-order valence-corrected chi connectivity index (χ4v) is 3.22. The highest BCUT2D eigenvalue weighted by atomic mass is 35.5. The predicted molar refractivity (Wildman–Crippen MR) is 78.7 cm³/mol. The zero-order valence-electron chi connectivity index (χ0n) is 10.3. The van der Waals surface area contributed by atoms with Crippen LogP contribution in [0, 0.1) is 0 Å². The summed E-state index contributed by atoms with van der Waals surface area (Å²) in [6, 6.07) is 3.85. The number of thiophene rings is 1. The summed E-state index contributed by atoms with van der Waals surface area (Å²) in [5.41, 5.74) is 0. The number of carbonyl (C=O) groups is 1. The van der Waals surface area contributed by atoms with Crippen molar-refractivity contribution >= 4 is 41.3 Å². The SMILES string of the molecule is CN(Cc1ccc(Cl)s1)C(=O)C1CCCCN1.Cl. The van der Waals surface area contributed by atoms with E-state index in [0.29, 0.717) is 6.54 Å². The molecule has 1 saturated heterocycles. The van der Waals surface area contributed by atoms with Gasteiger partial charge in [0.25, 0.3) is 0 Å². The van der Waals surface area contributed by atoms with Gasteiger partial charge in [-0.3, -0.25) is 4.79 Å². The van der Waals surface area contributed by atoms with Crippen molar-refractivity contribution in [3.63, 3.8) is 0 Å². The van der Waals surface area contributed by atoms with Gasteiger partial charge >= 0.3 is 0 Å². The van der Waals surface area contributed by atoms with Gasteiger partial charge in [0.1, 0.15) is 0 Å². The van der Waals surface area contributed by atoms with E-state index in [0.717, 1.165) is 28.6 Å². The molecule has 1 unspecified atom stereocenters. The molecular weight excluding hydrogens is 291 g/mol. The number of hydrogen-bond acceptors (Lipinski definition) is 3. The van der Waals surface area contributed by atoms with Crippen LogP contribution in [0.3, 0.4) is 0 Å². The third-order valence-corrected chi connectivity index (χ3v) is 4.22. The zero-order valence-corrected chi connectivity index (χ0v) is 12.7. The maximum absolute atomic E-state index is 12.1. The maximum atomic E-state index is 12.1. The first kappa shape index (κ1) is 15.8. The lowest BCUT2D eigenvalue weighted by atomic mass is 10.0. The van der Waals surface area contributed by atoms with E-state index in [-0.39, 0.29) is 24.4 Å². The van der Waals surface area contributed by atoms with Gasteiger partial charge in [0.2, 0.25) is 5.91 Å². The molecule has 0 saturated carbocycles. The number of halogens is 2. The van der Waals surface area contributed by atoms with Crippen LogP contribution in [0.25, 0.3) is 0 Å². The van der Waals surface area contributed by atoms with Crippen LogP contribution in [0.2, 0.25) is 4.34 Å². The van der Waals surface area contributed by atoms with Gasteiger partial charge in [-0.25, -0.2) is 0 Å². The van der Waals surface area contributed by atoms with Crippen molar-refractivity contribution in [2.45, 2.75) is 31.8 Å². The molecule has 18 heavy (non-hydrogen) atoms. The van der Waals surface area contributed by atoms with Gasteiger partial charge in [-0.05, 0) is 31.5 Å². The average Bonchev–Trinajstić information content (AvgIpc) is 2.75. The first-order valence-corrected chi connectivity index (χ1v) is 7.09. The van der Waals surface area contributed by atoms with Crippen LogP contribution < -0.4 is 5.32 Å². The van der Waals surface area contributed by atoms with Gasteiger partial charge in [0.05, 0.1) is 16.9 Å². The number of nitrogens with one attached hydrogen (secondary N) is 1. The first-order valence-electron chi connectivity index (χ1n) is 5.89. The second kappa shape index (κ2) is 7.34. The summed E-state index contributed by atoms with van der Waals surface area (Å²) in [5, 5.41) is 3.28. The molecule has 0 aliphatic carbocycles. The molecule has 3 nitrogen and oxygen atoms in total. The lowest BCUT2D eigenvalue weighted by Gasteiger charge is -2.27. The minimum atomic E-state index is 0. The van der Waals surface area contributed by atoms with Crippen molar-refractivity contribution in [1.82, 2.24) is 10.2 Å². The molecule has 1 aromatic heterocycles. The Balaban J connectivity index is 0.00000162. The van der Waals surface area contributed by atoms with E-state index in [4.69, 9.17) is 11.6 Å². The second-order valence-electron chi connectivity index (χ2n) is 4.40.